The summed E-state index contributed by atoms with van der Waals surface area (Å²) in [5.74, 6) is -4.75. The maximum Gasteiger partial charge on any atom is 0.331 e. The Hall–Kier alpha value is -4.37. The number of hydrogen-bond donors (Lipinski definition) is 20. The summed E-state index contributed by atoms with van der Waals surface area (Å²) in [6.45, 7) is 9.05. The van der Waals surface area contributed by atoms with E-state index in [1.165, 1.54) is 40.9 Å². The summed E-state index contributed by atoms with van der Waals surface area (Å²) < 4.78 is 98.9. The lowest BCUT2D eigenvalue weighted by molar-refractivity contribution is -0.401. The number of methoxy groups -OCH3 is 1. The third-order valence-corrected chi connectivity index (χ3v) is 28.8. The Morgan fingerprint density at radius 1 is 0.521 bits per heavy atom. The number of aliphatic carboxylic acids is 1. The minimum absolute atomic E-state index is 0.0329. The number of fused-ring (bicyclic) bond motifs is 7. The third kappa shape index (κ3) is 16.4. The van der Waals surface area contributed by atoms with Gasteiger partial charge in [-0.05, 0) is 143 Å². The van der Waals surface area contributed by atoms with Crippen molar-refractivity contribution in [1.29, 1.82) is 0 Å². The fraction of sp³-hybridized carbons (Fsp3) is 0.838. The van der Waals surface area contributed by atoms with Crippen LogP contribution >= 0.6 is 0 Å². The summed E-state index contributed by atoms with van der Waals surface area (Å²) >= 11 is 0. The van der Waals surface area contributed by atoms with Crippen LogP contribution in [0.5, 0.6) is 5.75 Å². The Balaban J connectivity index is 0.855. The van der Waals surface area contributed by atoms with Crippen LogP contribution in [0.15, 0.2) is 42.0 Å². The van der Waals surface area contributed by atoms with Gasteiger partial charge in [-0.25, -0.2) is 4.79 Å². The molecule has 20 N–H and O–H groups in total. The van der Waals surface area contributed by atoms with Crippen molar-refractivity contribution in [3.63, 3.8) is 0 Å². The van der Waals surface area contributed by atoms with E-state index in [1.807, 2.05) is 26.8 Å². The molecule has 39 heteroatoms. The smallest absolute Gasteiger partial charge is 0.331 e. The van der Waals surface area contributed by atoms with Crippen LogP contribution in [0, 0.1) is 50.2 Å². The Morgan fingerprint density at radius 3 is 1.69 bits per heavy atom. The van der Waals surface area contributed by atoms with E-state index >= 15 is 4.79 Å². The zero-order valence-electron chi connectivity index (χ0n) is 67.6. The number of rotatable bonds is 23. The molecule has 5 aliphatic carbocycles. The molecule has 13 rings (SSSR count). The van der Waals surface area contributed by atoms with Crippen LogP contribution in [0.25, 0.3) is 6.08 Å². The van der Waals surface area contributed by atoms with Gasteiger partial charge in [-0.1, -0.05) is 51.5 Å². The number of esters is 2. The number of aliphatic hydroxyl groups excluding tert-OH is 18. The van der Waals surface area contributed by atoms with Crippen molar-refractivity contribution in [3.05, 3.63) is 47.6 Å². The van der Waals surface area contributed by atoms with Crippen molar-refractivity contribution >= 4 is 24.0 Å². The summed E-state index contributed by atoms with van der Waals surface area (Å²) in [4.78, 5) is 45.3. The average Bonchev–Trinajstić information content (AvgIpc) is 0.845. The Kier molecular flexibility index (Phi) is 27.5. The highest BCUT2D eigenvalue weighted by atomic mass is 16.8. The fourth-order valence-electron chi connectivity index (χ4n) is 21.6. The molecule has 7 saturated heterocycles. The molecule has 674 valence electrons. The molecular formula is C80H120O39. The first-order chi connectivity index (χ1) is 56.1. The van der Waals surface area contributed by atoms with Gasteiger partial charge in [0.05, 0.1) is 82.0 Å². The molecule has 7 aliphatic heterocycles. The van der Waals surface area contributed by atoms with E-state index in [4.69, 9.17) is 75.8 Å². The van der Waals surface area contributed by atoms with Crippen LogP contribution in [-0.2, 0) is 85.4 Å². The second-order valence-electron chi connectivity index (χ2n) is 36.2. The highest BCUT2D eigenvalue weighted by Crippen LogP contribution is 2.76. The van der Waals surface area contributed by atoms with Crippen LogP contribution < -0.4 is 4.74 Å². The lowest BCUT2D eigenvalue weighted by Crippen LogP contribution is -2.71. The first-order valence-electron chi connectivity index (χ1n) is 40.9. The molecule has 39 nitrogen and oxygen atoms in total. The van der Waals surface area contributed by atoms with Gasteiger partial charge in [0.2, 0.25) is 6.29 Å². The molecular weight excluding hydrogens is 1580 g/mol. The second kappa shape index (κ2) is 35.5. The molecule has 1 aromatic rings. The van der Waals surface area contributed by atoms with Gasteiger partial charge in [-0.15, -0.1) is 0 Å². The van der Waals surface area contributed by atoms with Gasteiger partial charge in [0, 0.05) is 11.5 Å². The van der Waals surface area contributed by atoms with Crippen LogP contribution in [0.1, 0.15) is 119 Å². The SMILES string of the molecule is COc1ccc(/C=C\C(=O)O[C@@H]2[C@H](O[C@@H]3O[C@@H](C)[C@H](O)[C@@H](O)[C@H]3O)[C@@H](O[C@@H]3O[C@@H](C)[C@H](O[C@@H]4OC[C@@H](O[C@@H]5O[C@H](CO)[C@H](O)[C@H](O)[C@H]5O)[C@H](O)[C@H]4O)[C@@H](O)[C@H]3O[C@H]3OC[C@](O)(CO)[C@H]3O)[C@H](OC(=O)[C@]34CCC(C)(C)CC3C3=CCC5[C@@]6(C)C[C@H](O)[C@H](O[C@@H]7O[C@H](CO)[C@@H](O)[C@H](O)[C@H]7O)[C@@](C)(C(=O)O)C6CC[C@@]5(C)[C@]3(CO)CC4)O[C@@H]2C)cc1. The van der Waals surface area contributed by atoms with Crippen LogP contribution in [0.2, 0.25) is 0 Å². The number of ether oxygens (including phenoxy) is 16. The number of carboxylic acid groups (broad SMARTS) is 1. The van der Waals surface area contributed by atoms with E-state index in [0.29, 0.717) is 30.6 Å². The summed E-state index contributed by atoms with van der Waals surface area (Å²) in [7, 11) is 1.47. The van der Waals surface area contributed by atoms with E-state index in [0.717, 1.165) is 11.6 Å². The summed E-state index contributed by atoms with van der Waals surface area (Å²) in [6.07, 6.45) is -54.2. The predicted octanol–water partition coefficient (Wildman–Crippen LogP) is -4.92. The van der Waals surface area contributed by atoms with E-state index in [1.54, 1.807) is 24.3 Å². The van der Waals surface area contributed by atoms with Crippen molar-refractivity contribution in [3.8, 4) is 5.75 Å². The van der Waals surface area contributed by atoms with Crippen LogP contribution in [0.3, 0.4) is 0 Å². The van der Waals surface area contributed by atoms with Crippen molar-refractivity contribution in [2.24, 2.45) is 50.2 Å². The number of carbonyl (C=O) groups excluding carboxylic acids is 2. The molecule has 119 heavy (non-hydrogen) atoms. The highest BCUT2D eigenvalue weighted by molar-refractivity contribution is 5.87. The number of carbonyl (C=O) groups is 3. The molecule has 4 saturated carbocycles. The van der Waals surface area contributed by atoms with Crippen LogP contribution in [0.4, 0.5) is 0 Å². The van der Waals surface area contributed by atoms with Gasteiger partial charge in [0.15, 0.2) is 49.9 Å². The largest absolute Gasteiger partial charge is 0.497 e. The van der Waals surface area contributed by atoms with E-state index in [2.05, 4.69) is 6.92 Å². The standard InChI is InChI=1S/C80H120O39/c1-32-46(87)50(91)54(95)66(107-32)116-61-59(113-45(86)17-12-35-10-13-36(104-9)14-11-35)34(3)109-70(62(61)117-69-60(115-71-63(99)80(103,30-84)31-106-71)57(98)58(33(2)108-69)114-65-53(94)49(90)42(28-105-65)112-67-55(96)51(92)47(88)40(26-81)110-67)119-73(102)78-21-20-74(4,5)24-38(78)37-15-16-43-75(6)25-39(85)64(118-68-56(97)52(93)48(89)41(27-82)111-68)77(8,72(100)101)44(75)18-19-76(43,7)79(37,29-83)23-22-78/h10-15,17,32-34,38-44,46-71,81-85,87-99,103H,16,18-31H2,1-9H3,(H,100,101)/b17-12-/t32-,33-,34+,38?,39-,40+,41+,42+,43?,44?,46-,47-,48+,49-,50+,51-,52-,53+,54+,55+,56+,57+,58-,59-,60+,61-,62+,63-,64-,65-,66-,67-,68-,69-,70-,71+,75+,76+,77-,78-,79-,80+/m0/s1. The number of aliphatic hydroxyl groups is 19. The lowest BCUT2D eigenvalue weighted by Gasteiger charge is -2.71. The molecule has 42 atom stereocenters. The normalized spacial score (nSPS) is 50.5. The molecule has 0 radical (unpaired) electrons. The quantitative estimate of drug-likeness (QED) is 0.0211. The molecule has 0 amide bonds. The van der Waals surface area contributed by atoms with E-state index in [-0.39, 0.29) is 38.5 Å². The molecule has 0 bridgehead atoms. The topological polar surface area (TPSA) is 603 Å². The molecule has 11 fully saturated rings. The molecule has 3 unspecified atom stereocenters. The zero-order valence-corrected chi connectivity index (χ0v) is 67.6. The van der Waals surface area contributed by atoms with Gasteiger partial charge in [0.25, 0.3) is 0 Å². The maximum atomic E-state index is 16.7. The van der Waals surface area contributed by atoms with Crippen LogP contribution in [-0.4, -0.2) is 375 Å². The monoisotopic (exact) mass is 1700 g/mol. The van der Waals surface area contributed by atoms with Gasteiger partial charge >= 0.3 is 17.9 Å². The molecule has 1 aromatic carbocycles. The lowest BCUT2D eigenvalue weighted by atomic mass is 9.33. The minimum Gasteiger partial charge on any atom is -0.497 e. The van der Waals surface area contributed by atoms with Crippen molar-refractivity contribution < 1.29 is 192 Å². The maximum absolute atomic E-state index is 16.7. The second-order valence-corrected chi connectivity index (χ2v) is 36.2. The highest BCUT2D eigenvalue weighted by Gasteiger charge is 2.74. The zero-order chi connectivity index (χ0) is 86.6. The first-order valence-corrected chi connectivity index (χ1v) is 40.9. The van der Waals surface area contributed by atoms with E-state index < -0.39 is 316 Å². The van der Waals surface area contributed by atoms with E-state index in [9.17, 15) is 112 Å². The predicted molar refractivity (Wildman–Crippen MR) is 395 cm³/mol. The molecule has 0 spiro atoms. The molecule has 7 heterocycles. The Morgan fingerprint density at radius 2 is 1.08 bits per heavy atom. The van der Waals surface area contributed by atoms with Crippen molar-refractivity contribution in [2.75, 3.05) is 46.8 Å². The Labute approximate surface area is 685 Å². The fourth-order valence-corrected chi connectivity index (χ4v) is 21.6. The van der Waals surface area contributed by atoms with Crippen molar-refractivity contribution in [1.82, 2.24) is 0 Å². The first kappa shape index (κ1) is 92.3. The number of hydrogen-bond acceptors (Lipinski definition) is 38. The summed E-state index contributed by atoms with van der Waals surface area (Å²) in [5.41, 5.74) is -8.17. The minimum atomic E-state index is -2.39. The van der Waals surface area contributed by atoms with Gasteiger partial charge in [-0.2, -0.15) is 0 Å². The van der Waals surface area contributed by atoms with Gasteiger partial charge in [-0.3, -0.25) is 9.59 Å². The average molecular weight is 1710 g/mol. The Bertz CT molecular complexity index is 3720. The molecule has 12 aliphatic rings. The summed E-state index contributed by atoms with van der Waals surface area (Å²) in [6, 6.07) is 6.56. The number of carboxylic acids is 1. The number of allylic oxidation sites excluding steroid dienone is 1. The van der Waals surface area contributed by atoms with Gasteiger partial charge in [0.1, 0.15) is 133 Å². The number of benzene rings is 1. The summed E-state index contributed by atoms with van der Waals surface area (Å²) in [5, 5.41) is 224. The van der Waals surface area contributed by atoms with Gasteiger partial charge < -0.3 is 178 Å². The third-order valence-electron chi connectivity index (χ3n) is 28.8. The molecule has 0 aromatic heterocycles. The van der Waals surface area contributed by atoms with Crippen molar-refractivity contribution in [2.45, 2.75) is 322 Å².